The molecule has 0 aliphatic carbocycles. The highest BCUT2D eigenvalue weighted by Crippen LogP contribution is 2.40. The van der Waals surface area contributed by atoms with Gasteiger partial charge in [0.1, 0.15) is 6.10 Å². The molecule has 0 saturated carbocycles. The largest absolute Gasteiger partial charge is 0.379 e. The van der Waals surface area contributed by atoms with Crippen LogP contribution in [0.3, 0.4) is 0 Å². The fraction of sp³-hybridized carbons (Fsp3) is 1.00. The molecule has 0 N–H and O–H groups in total. The highest BCUT2D eigenvalue weighted by Gasteiger charge is 2.57. The monoisotopic (exact) mass is 352 g/mol. The standard InChI is InChI=1S/C19H36N4O2/c1-17-16-23(22-12-14-24-15-13-22)19(18(2)25-17,21-10-6-7-11-21)20-8-4-3-5-9-20/h17-18H,3-16H2,1-2H3. The van der Waals surface area contributed by atoms with E-state index in [-0.39, 0.29) is 18.0 Å². The van der Waals surface area contributed by atoms with Crippen molar-refractivity contribution in [3.8, 4) is 0 Å². The Labute approximate surface area is 153 Å². The normalized spacial score (nSPS) is 40.6. The number of likely N-dealkylation sites (tertiary alicyclic amines) is 2. The fourth-order valence-corrected chi connectivity index (χ4v) is 5.50. The number of hydrazine groups is 1. The lowest BCUT2D eigenvalue weighted by Gasteiger charge is -2.64. The van der Waals surface area contributed by atoms with Crippen molar-refractivity contribution in [2.24, 2.45) is 0 Å². The van der Waals surface area contributed by atoms with Gasteiger partial charge in [-0.1, -0.05) is 6.42 Å². The van der Waals surface area contributed by atoms with E-state index >= 15 is 0 Å². The number of piperidine rings is 1. The van der Waals surface area contributed by atoms with Gasteiger partial charge < -0.3 is 9.47 Å². The molecule has 4 aliphatic heterocycles. The van der Waals surface area contributed by atoms with Crippen LogP contribution in [0.25, 0.3) is 0 Å². The fourth-order valence-electron chi connectivity index (χ4n) is 5.50. The van der Waals surface area contributed by atoms with E-state index in [0.29, 0.717) is 0 Å². The number of hydrogen-bond acceptors (Lipinski definition) is 6. The topological polar surface area (TPSA) is 31.4 Å². The average molecular weight is 353 g/mol. The van der Waals surface area contributed by atoms with Crippen LogP contribution in [0.2, 0.25) is 0 Å². The van der Waals surface area contributed by atoms with Crippen LogP contribution in [0.4, 0.5) is 0 Å². The summed E-state index contributed by atoms with van der Waals surface area (Å²) < 4.78 is 12.2. The SMILES string of the molecule is CC1CN(N2CCOCC2)C(N2CCCCC2)(N2CCCC2)C(C)O1. The molecule has 3 atom stereocenters. The van der Waals surface area contributed by atoms with Gasteiger partial charge in [0, 0.05) is 45.8 Å². The van der Waals surface area contributed by atoms with Crippen molar-refractivity contribution >= 4 is 0 Å². The molecule has 0 bridgehead atoms. The summed E-state index contributed by atoms with van der Waals surface area (Å²) in [5.41, 5.74) is 0. The Kier molecular flexibility index (Phi) is 5.65. The predicted octanol–water partition coefficient (Wildman–Crippen LogP) is 1.58. The van der Waals surface area contributed by atoms with E-state index in [1.54, 1.807) is 0 Å². The predicted molar refractivity (Wildman–Crippen MR) is 98.1 cm³/mol. The molecule has 4 rings (SSSR count). The Hall–Kier alpha value is -0.240. The molecule has 0 aromatic heterocycles. The van der Waals surface area contributed by atoms with E-state index in [2.05, 4.69) is 33.7 Å². The van der Waals surface area contributed by atoms with Crippen LogP contribution in [-0.4, -0.2) is 96.8 Å². The maximum Gasteiger partial charge on any atom is 0.170 e. The van der Waals surface area contributed by atoms with Gasteiger partial charge in [0.25, 0.3) is 0 Å². The van der Waals surface area contributed by atoms with Gasteiger partial charge in [0.2, 0.25) is 0 Å². The smallest absolute Gasteiger partial charge is 0.170 e. The molecule has 6 heteroatoms. The minimum absolute atomic E-state index is 0.110. The lowest BCUT2D eigenvalue weighted by atomic mass is 10.0. The highest BCUT2D eigenvalue weighted by molar-refractivity contribution is 5.00. The minimum Gasteiger partial charge on any atom is -0.379 e. The molecule has 0 aromatic rings. The van der Waals surface area contributed by atoms with Crippen molar-refractivity contribution in [2.75, 3.05) is 59.0 Å². The molecule has 0 aromatic carbocycles. The van der Waals surface area contributed by atoms with Crippen molar-refractivity contribution in [1.29, 1.82) is 0 Å². The lowest BCUT2D eigenvalue weighted by Crippen LogP contribution is -2.81. The van der Waals surface area contributed by atoms with E-state index < -0.39 is 0 Å². The van der Waals surface area contributed by atoms with Crippen molar-refractivity contribution in [1.82, 2.24) is 19.8 Å². The first-order chi connectivity index (χ1) is 12.2. The zero-order valence-electron chi connectivity index (χ0n) is 16.2. The van der Waals surface area contributed by atoms with Crippen molar-refractivity contribution in [3.63, 3.8) is 0 Å². The number of rotatable bonds is 3. The molecule has 0 spiro atoms. The summed E-state index contributed by atoms with van der Waals surface area (Å²) in [7, 11) is 0. The molecule has 3 unspecified atom stereocenters. The van der Waals surface area contributed by atoms with Gasteiger partial charge in [-0.3, -0.25) is 9.80 Å². The van der Waals surface area contributed by atoms with Gasteiger partial charge in [-0.05, 0) is 39.5 Å². The summed E-state index contributed by atoms with van der Waals surface area (Å²) in [6, 6.07) is 0. The number of morpholine rings is 2. The van der Waals surface area contributed by atoms with E-state index in [4.69, 9.17) is 9.47 Å². The maximum absolute atomic E-state index is 6.51. The Morgan fingerprint density at radius 1 is 0.760 bits per heavy atom. The molecule has 4 heterocycles. The van der Waals surface area contributed by atoms with Gasteiger partial charge in [0.15, 0.2) is 5.79 Å². The Morgan fingerprint density at radius 2 is 1.32 bits per heavy atom. The quantitative estimate of drug-likeness (QED) is 0.767. The van der Waals surface area contributed by atoms with Gasteiger partial charge in [-0.25, -0.2) is 10.0 Å². The minimum atomic E-state index is -0.110. The highest BCUT2D eigenvalue weighted by atomic mass is 16.5. The van der Waals surface area contributed by atoms with Crippen molar-refractivity contribution in [2.45, 2.75) is 63.9 Å². The van der Waals surface area contributed by atoms with E-state index in [0.717, 1.165) is 32.8 Å². The average Bonchev–Trinajstić information content (AvgIpc) is 3.18. The molecule has 144 valence electrons. The molecule has 0 amide bonds. The summed E-state index contributed by atoms with van der Waals surface area (Å²) in [5.74, 6) is -0.110. The second-order valence-corrected chi connectivity index (χ2v) is 8.17. The van der Waals surface area contributed by atoms with Crippen molar-refractivity contribution in [3.05, 3.63) is 0 Å². The molecule has 4 aliphatic rings. The van der Waals surface area contributed by atoms with Gasteiger partial charge in [-0.15, -0.1) is 0 Å². The summed E-state index contributed by atoms with van der Waals surface area (Å²) in [5, 5.41) is 5.27. The van der Waals surface area contributed by atoms with Gasteiger partial charge in [0.05, 0.1) is 19.3 Å². The van der Waals surface area contributed by atoms with Crippen LogP contribution in [-0.2, 0) is 9.47 Å². The van der Waals surface area contributed by atoms with Gasteiger partial charge >= 0.3 is 0 Å². The number of nitrogens with zero attached hydrogens (tertiary/aromatic N) is 4. The molecule has 25 heavy (non-hydrogen) atoms. The summed E-state index contributed by atoms with van der Waals surface area (Å²) >= 11 is 0. The molecule has 4 fully saturated rings. The zero-order valence-corrected chi connectivity index (χ0v) is 16.2. The van der Waals surface area contributed by atoms with Crippen molar-refractivity contribution < 1.29 is 9.47 Å². The van der Waals surface area contributed by atoms with Crippen LogP contribution >= 0.6 is 0 Å². The first-order valence-corrected chi connectivity index (χ1v) is 10.5. The second kappa shape index (κ2) is 7.79. The molecular weight excluding hydrogens is 316 g/mol. The summed E-state index contributed by atoms with van der Waals surface area (Å²) in [4.78, 5) is 5.50. The van der Waals surface area contributed by atoms with E-state index in [1.165, 1.54) is 58.3 Å². The first-order valence-electron chi connectivity index (χ1n) is 10.5. The Balaban J connectivity index is 1.72. The molecule has 4 saturated heterocycles. The Bertz CT molecular complexity index is 433. The zero-order chi connectivity index (χ0) is 17.3. The number of hydrogen-bond donors (Lipinski definition) is 0. The second-order valence-electron chi connectivity index (χ2n) is 8.17. The number of ether oxygens (including phenoxy) is 2. The maximum atomic E-state index is 6.51. The van der Waals surface area contributed by atoms with Gasteiger partial charge in [-0.2, -0.15) is 0 Å². The third kappa shape index (κ3) is 3.26. The van der Waals surface area contributed by atoms with Crippen LogP contribution < -0.4 is 0 Å². The Morgan fingerprint density at radius 3 is 1.92 bits per heavy atom. The van der Waals surface area contributed by atoms with Crippen LogP contribution in [0.1, 0.15) is 46.0 Å². The van der Waals surface area contributed by atoms with E-state index in [9.17, 15) is 0 Å². The third-order valence-electron chi connectivity index (χ3n) is 6.51. The third-order valence-corrected chi connectivity index (χ3v) is 6.51. The first kappa shape index (κ1) is 18.1. The van der Waals surface area contributed by atoms with Crippen LogP contribution in [0, 0.1) is 0 Å². The molecular formula is C19H36N4O2. The molecule has 6 nitrogen and oxygen atoms in total. The van der Waals surface area contributed by atoms with E-state index in [1.807, 2.05) is 0 Å². The lowest BCUT2D eigenvalue weighted by molar-refractivity contribution is -0.337. The summed E-state index contributed by atoms with van der Waals surface area (Å²) in [6.45, 7) is 14.0. The van der Waals surface area contributed by atoms with Crippen LogP contribution in [0.15, 0.2) is 0 Å². The molecule has 0 radical (unpaired) electrons. The summed E-state index contributed by atoms with van der Waals surface area (Å²) in [6.07, 6.45) is 7.09. The van der Waals surface area contributed by atoms with Crippen LogP contribution in [0.5, 0.6) is 0 Å².